The number of fused-ring (bicyclic) bond motifs is 1. The van der Waals surface area contributed by atoms with Gasteiger partial charge in [0, 0.05) is 19.6 Å². The molecular weight excluding hydrogens is 390 g/mol. The molecule has 1 aliphatic rings. The van der Waals surface area contributed by atoms with Crippen LogP contribution in [-0.4, -0.2) is 45.9 Å². The fourth-order valence-electron chi connectivity index (χ4n) is 3.44. The lowest BCUT2D eigenvalue weighted by atomic mass is 10.0. The number of likely N-dealkylation sites (tertiary alicyclic amines) is 1. The molecule has 1 saturated heterocycles. The molecule has 0 saturated carbocycles. The van der Waals surface area contributed by atoms with Gasteiger partial charge >= 0.3 is 0 Å². The summed E-state index contributed by atoms with van der Waals surface area (Å²) in [5.41, 5.74) is 2.24. The maximum atomic E-state index is 12.4. The first-order valence-corrected chi connectivity index (χ1v) is 11.6. The van der Waals surface area contributed by atoms with Crippen LogP contribution < -0.4 is 4.80 Å². The van der Waals surface area contributed by atoms with Gasteiger partial charge in [-0.25, -0.2) is 0 Å². The number of nitrogens with zero attached hydrogens (tertiary/aromatic N) is 3. The zero-order valence-corrected chi connectivity index (χ0v) is 18.2. The molecule has 0 radical (unpaired) electrons. The summed E-state index contributed by atoms with van der Waals surface area (Å²) in [4.78, 5) is 31.6. The molecule has 1 fully saturated rings. The molecule has 1 aliphatic heterocycles. The van der Waals surface area contributed by atoms with E-state index < -0.39 is 0 Å². The molecule has 2 amide bonds. The third-order valence-electron chi connectivity index (χ3n) is 4.83. The minimum Gasteiger partial charge on any atom is -0.342 e. The van der Waals surface area contributed by atoms with Gasteiger partial charge in [0.2, 0.25) is 5.91 Å². The Morgan fingerprint density at radius 2 is 2.21 bits per heavy atom. The smallest absolute Gasteiger partial charge is 0.258 e. The van der Waals surface area contributed by atoms with Crippen LogP contribution >= 0.6 is 23.1 Å². The summed E-state index contributed by atoms with van der Waals surface area (Å²) in [5, 5.41) is 0. The molecule has 0 unspecified atom stereocenters. The van der Waals surface area contributed by atoms with E-state index in [2.05, 4.69) is 43.6 Å². The predicted molar refractivity (Wildman–Crippen MR) is 118 cm³/mol. The van der Waals surface area contributed by atoms with Crippen LogP contribution in [0.5, 0.6) is 0 Å². The summed E-state index contributed by atoms with van der Waals surface area (Å²) in [6.07, 6.45) is 4.07. The molecule has 3 rings (SSSR count). The van der Waals surface area contributed by atoms with Crippen molar-refractivity contribution in [3.05, 3.63) is 41.2 Å². The van der Waals surface area contributed by atoms with Crippen LogP contribution in [-0.2, 0) is 16.1 Å². The zero-order valence-electron chi connectivity index (χ0n) is 16.5. The van der Waals surface area contributed by atoms with E-state index in [0.717, 1.165) is 29.7 Å². The van der Waals surface area contributed by atoms with Gasteiger partial charge in [-0.05, 0) is 43.4 Å². The number of hydrogen-bond donors (Lipinski definition) is 0. The first-order chi connectivity index (χ1) is 13.5. The number of aromatic nitrogens is 1. The third-order valence-corrected chi connectivity index (χ3v) is 6.77. The number of piperidine rings is 1. The number of thiazole rings is 1. The molecule has 0 aliphatic carbocycles. The van der Waals surface area contributed by atoms with Crippen molar-refractivity contribution < 1.29 is 9.59 Å². The molecule has 1 aromatic heterocycles. The number of benzene rings is 1. The van der Waals surface area contributed by atoms with Crippen LogP contribution in [0.15, 0.2) is 35.8 Å². The Morgan fingerprint density at radius 1 is 1.39 bits per heavy atom. The summed E-state index contributed by atoms with van der Waals surface area (Å²) in [7, 11) is 0. The highest BCUT2D eigenvalue weighted by molar-refractivity contribution is 8.00. The number of allylic oxidation sites excluding steroid dienone is 1. The van der Waals surface area contributed by atoms with Crippen molar-refractivity contribution >= 4 is 45.1 Å². The van der Waals surface area contributed by atoms with E-state index >= 15 is 0 Å². The zero-order chi connectivity index (χ0) is 20.1. The molecule has 7 heteroatoms. The van der Waals surface area contributed by atoms with E-state index in [0.29, 0.717) is 23.0 Å². The van der Waals surface area contributed by atoms with Crippen LogP contribution in [0.3, 0.4) is 0 Å². The van der Waals surface area contributed by atoms with Gasteiger partial charge in [0.15, 0.2) is 4.80 Å². The van der Waals surface area contributed by atoms with E-state index in [9.17, 15) is 9.59 Å². The molecule has 0 spiro atoms. The second-order valence-corrected chi connectivity index (χ2v) is 9.34. The Morgan fingerprint density at radius 3 is 2.96 bits per heavy atom. The monoisotopic (exact) mass is 417 g/mol. The fourth-order valence-corrected chi connectivity index (χ4v) is 5.30. The quantitative estimate of drug-likeness (QED) is 0.675. The molecule has 28 heavy (non-hydrogen) atoms. The van der Waals surface area contributed by atoms with E-state index in [-0.39, 0.29) is 17.6 Å². The number of carbonyl (C=O) groups excluding carboxylic acids is 2. The van der Waals surface area contributed by atoms with Crippen molar-refractivity contribution in [1.82, 2.24) is 9.47 Å². The molecule has 1 atom stereocenters. The number of hydrogen-bond acceptors (Lipinski definition) is 4. The van der Waals surface area contributed by atoms with E-state index in [1.807, 2.05) is 15.5 Å². The van der Waals surface area contributed by atoms with Gasteiger partial charge in [-0.15, -0.1) is 18.3 Å². The fraction of sp³-hybridized carbons (Fsp3) is 0.476. The Kier molecular flexibility index (Phi) is 7.13. The highest BCUT2D eigenvalue weighted by Crippen LogP contribution is 2.19. The number of amides is 2. The summed E-state index contributed by atoms with van der Waals surface area (Å²) in [6, 6.07) is 6.22. The van der Waals surface area contributed by atoms with Crippen LogP contribution in [0, 0.1) is 12.8 Å². The molecule has 5 nitrogen and oxygen atoms in total. The predicted octanol–water partition coefficient (Wildman–Crippen LogP) is 3.62. The number of thioether (sulfide) groups is 1. The van der Waals surface area contributed by atoms with Crippen LogP contribution in [0.4, 0.5) is 0 Å². The Hall–Kier alpha value is -1.86. The van der Waals surface area contributed by atoms with Crippen molar-refractivity contribution in [2.45, 2.75) is 33.2 Å². The van der Waals surface area contributed by atoms with Crippen molar-refractivity contribution in [1.29, 1.82) is 0 Å². The van der Waals surface area contributed by atoms with Gasteiger partial charge in [-0.3, -0.25) is 9.59 Å². The Bertz CT molecular complexity index is 945. The van der Waals surface area contributed by atoms with Crippen LogP contribution in [0.2, 0.25) is 0 Å². The minimum atomic E-state index is -0.203. The molecule has 0 bridgehead atoms. The van der Waals surface area contributed by atoms with Gasteiger partial charge in [-0.2, -0.15) is 4.99 Å². The van der Waals surface area contributed by atoms with Gasteiger partial charge in [-0.1, -0.05) is 30.4 Å². The van der Waals surface area contributed by atoms with Crippen molar-refractivity contribution in [2.24, 2.45) is 10.9 Å². The second-order valence-electron chi connectivity index (χ2n) is 7.34. The van der Waals surface area contributed by atoms with Crippen LogP contribution in [0.1, 0.15) is 25.3 Å². The standard InChI is InChI=1S/C21H27N3O2S2/c1-4-9-24-17-8-7-15(2)11-18(17)28-21(24)22-19(25)13-27-14-20(26)23-10-5-6-16(3)12-23/h4,7-8,11,16H,1,5-6,9-10,12-14H2,2-3H3/t16-/m1/s1. The van der Waals surface area contributed by atoms with Crippen molar-refractivity contribution in [3.8, 4) is 0 Å². The van der Waals surface area contributed by atoms with Gasteiger partial charge in [0.1, 0.15) is 0 Å². The Labute approximate surface area is 174 Å². The summed E-state index contributed by atoms with van der Waals surface area (Å²) >= 11 is 2.87. The van der Waals surface area contributed by atoms with Crippen LogP contribution in [0.25, 0.3) is 10.2 Å². The molecule has 2 heterocycles. The molecule has 1 aromatic carbocycles. The largest absolute Gasteiger partial charge is 0.342 e. The van der Waals surface area contributed by atoms with Crippen molar-refractivity contribution in [3.63, 3.8) is 0 Å². The van der Waals surface area contributed by atoms with Gasteiger partial charge in [0.25, 0.3) is 5.91 Å². The molecule has 0 N–H and O–H groups in total. The van der Waals surface area contributed by atoms with Gasteiger partial charge < -0.3 is 9.47 Å². The summed E-state index contributed by atoms with van der Waals surface area (Å²) in [6.45, 7) is 10.3. The Balaban J connectivity index is 1.65. The number of rotatable bonds is 6. The third kappa shape index (κ3) is 5.14. The number of carbonyl (C=O) groups is 2. The molecular formula is C21H27N3O2S2. The summed E-state index contributed by atoms with van der Waals surface area (Å²) in [5.74, 6) is 1.05. The summed E-state index contributed by atoms with van der Waals surface area (Å²) < 4.78 is 3.12. The lowest BCUT2D eigenvalue weighted by molar-refractivity contribution is -0.130. The van der Waals surface area contributed by atoms with E-state index in [1.165, 1.54) is 35.1 Å². The first kappa shape index (κ1) is 20.9. The highest BCUT2D eigenvalue weighted by atomic mass is 32.2. The average Bonchev–Trinajstić information content (AvgIpc) is 2.98. The highest BCUT2D eigenvalue weighted by Gasteiger charge is 2.20. The lowest BCUT2D eigenvalue weighted by Crippen LogP contribution is -2.40. The molecule has 150 valence electrons. The first-order valence-electron chi connectivity index (χ1n) is 9.62. The average molecular weight is 418 g/mol. The second kappa shape index (κ2) is 9.56. The molecule has 2 aromatic rings. The van der Waals surface area contributed by atoms with Crippen molar-refractivity contribution in [2.75, 3.05) is 24.6 Å². The van der Waals surface area contributed by atoms with E-state index in [4.69, 9.17) is 0 Å². The number of aryl methyl sites for hydroxylation is 1. The normalized spacial score (nSPS) is 17.9. The lowest BCUT2D eigenvalue weighted by Gasteiger charge is -2.30. The topological polar surface area (TPSA) is 54.7 Å². The van der Waals surface area contributed by atoms with Gasteiger partial charge in [0.05, 0.1) is 21.7 Å². The maximum Gasteiger partial charge on any atom is 0.258 e. The maximum absolute atomic E-state index is 12.4. The minimum absolute atomic E-state index is 0.128. The van der Waals surface area contributed by atoms with E-state index in [1.54, 1.807) is 0 Å². The SMILES string of the molecule is C=CCn1c(=NC(=O)CSCC(=O)N2CCC[C@@H](C)C2)sc2cc(C)ccc21.